The number of benzene rings is 1. The van der Waals surface area contributed by atoms with Crippen LogP contribution < -0.4 is 10.9 Å². The molecule has 0 saturated carbocycles. The Balaban J connectivity index is 1.79. The van der Waals surface area contributed by atoms with E-state index in [0.29, 0.717) is 38.5 Å². The fraction of sp³-hybridized carbons (Fsp3) is 0.350. The number of carbonyl (C=O) groups is 1. The molecule has 0 radical (unpaired) electrons. The van der Waals surface area contributed by atoms with Crippen LogP contribution in [0.3, 0.4) is 0 Å². The normalized spacial score (nSPS) is 11.3. The first-order valence-corrected chi connectivity index (χ1v) is 11.3. The lowest BCUT2D eigenvalue weighted by Crippen LogP contribution is -2.24. The van der Waals surface area contributed by atoms with E-state index in [4.69, 9.17) is 11.6 Å². The summed E-state index contributed by atoms with van der Waals surface area (Å²) in [6.45, 7) is 6.74. The number of halogens is 1. The molecule has 0 spiro atoms. The van der Waals surface area contributed by atoms with Gasteiger partial charge in [0.15, 0.2) is 5.16 Å². The lowest BCUT2D eigenvalue weighted by Gasteiger charge is -2.13. The first-order valence-electron chi connectivity index (χ1n) is 9.02. The molecule has 0 bridgehead atoms. The maximum Gasteiger partial charge on any atom is 0.272 e. The number of aryl methyl sites for hydroxylation is 1. The van der Waals surface area contributed by atoms with Crippen molar-refractivity contribution in [2.45, 2.75) is 38.9 Å². The minimum atomic E-state index is -0.162. The van der Waals surface area contributed by atoms with Gasteiger partial charge in [0.25, 0.3) is 5.56 Å². The molecule has 28 heavy (non-hydrogen) atoms. The zero-order valence-electron chi connectivity index (χ0n) is 16.0. The number of thiophene rings is 1. The Labute approximate surface area is 177 Å². The Morgan fingerprint density at radius 2 is 2.14 bits per heavy atom. The summed E-state index contributed by atoms with van der Waals surface area (Å²) in [5, 5.41) is 5.90. The molecule has 2 heterocycles. The lowest BCUT2D eigenvalue weighted by molar-refractivity contribution is -0.113. The first-order chi connectivity index (χ1) is 13.3. The molecule has 1 amide bonds. The van der Waals surface area contributed by atoms with E-state index in [1.54, 1.807) is 16.7 Å². The SMILES string of the molecule is Cc1ccc(Cl)cc1NC(=O)CSc1nc2ccsc2c(=O)n1CCC(C)C. The average molecular weight is 436 g/mol. The highest BCUT2D eigenvalue weighted by Crippen LogP contribution is 2.23. The van der Waals surface area contributed by atoms with Gasteiger partial charge in [0.1, 0.15) is 4.70 Å². The van der Waals surface area contributed by atoms with E-state index in [0.717, 1.165) is 12.0 Å². The number of carbonyl (C=O) groups excluding carboxylic acids is 1. The fourth-order valence-corrected chi connectivity index (χ4v) is 4.44. The molecule has 0 aliphatic heterocycles. The fourth-order valence-electron chi connectivity index (χ4n) is 2.66. The second kappa shape index (κ2) is 9.11. The summed E-state index contributed by atoms with van der Waals surface area (Å²) in [6.07, 6.45) is 0.875. The van der Waals surface area contributed by atoms with Gasteiger partial charge in [0.2, 0.25) is 5.91 Å². The van der Waals surface area contributed by atoms with Crippen LogP contribution in [0.1, 0.15) is 25.8 Å². The molecular formula is C20H22ClN3O2S2. The molecule has 1 aromatic carbocycles. The van der Waals surface area contributed by atoms with Gasteiger partial charge in [-0.3, -0.25) is 14.2 Å². The van der Waals surface area contributed by atoms with Crippen molar-refractivity contribution in [3.63, 3.8) is 0 Å². The van der Waals surface area contributed by atoms with Crippen molar-refractivity contribution in [1.29, 1.82) is 0 Å². The van der Waals surface area contributed by atoms with E-state index in [-0.39, 0.29) is 17.2 Å². The Hall–Kier alpha value is -1.83. The van der Waals surface area contributed by atoms with Crippen molar-refractivity contribution < 1.29 is 4.79 Å². The second-order valence-electron chi connectivity index (χ2n) is 6.96. The Kier molecular flexibility index (Phi) is 6.80. The van der Waals surface area contributed by atoms with Crippen molar-refractivity contribution >= 4 is 56.5 Å². The maximum absolute atomic E-state index is 12.8. The van der Waals surface area contributed by atoms with Gasteiger partial charge in [-0.1, -0.05) is 43.3 Å². The highest BCUT2D eigenvalue weighted by molar-refractivity contribution is 7.99. The highest BCUT2D eigenvalue weighted by Gasteiger charge is 2.15. The van der Waals surface area contributed by atoms with Gasteiger partial charge < -0.3 is 5.32 Å². The minimum Gasteiger partial charge on any atom is -0.325 e. The lowest BCUT2D eigenvalue weighted by atomic mass is 10.1. The molecule has 2 aromatic heterocycles. The van der Waals surface area contributed by atoms with Crippen LogP contribution in [-0.2, 0) is 11.3 Å². The number of amides is 1. The molecule has 148 valence electrons. The van der Waals surface area contributed by atoms with Crippen LogP contribution in [0.15, 0.2) is 39.6 Å². The third kappa shape index (κ3) is 4.96. The molecule has 1 N–H and O–H groups in total. The van der Waals surface area contributed by atoms with E-state index in [2.05, 4.69) is 24.1 Å². The Bertz CT molecular complexity index is 1060. The number of fused-ring (bicyclic) bond motifs is 1. The maximum atomic E-state index is 12.8. The number of nitrogens with zero attached hydrogens (tertiary/aromatic N) is 2. The number of rotatable bonds is 7. The summed E-state index contributed by atoms with van der Waals surface area (Å²) in [6, 6.07) is 7.22. The summed E-state index contributed by atoms with van der Waals surface area (Å²) >= 11 is 8.70. The molecule has 3 rings (SSSR count). The first kappa shape index (κ1) is 20.9. The number of thioether (sulfide) groups is 1. The van der Waals surface area contributed by atoms with Gasteiger partial charge in [0, 0.05) is 17.3 Å². The minimum absolute atomic E-state index is 0.0331. The molecule has 5 nitrogen and oxygen atoms in total. The summed E-state index contributed by atoms with van der Waals surface area (Å²) in [5.74, 6) is 0.471. The average Bonchev–Trinajstić information content (AvgIpc) is 3.11. The van der Waals surface area contributed by atoms with Crippen molar-refractivity contribution in [1.82, 2.24) is 9.55 Å². The molecule has 0 saturated heterocycles. The third-order valence-corrected chi connectivity index (χ3v) is 6.37. The van der Waals surface area contributed by atoms with Gasteiger partial charge >= 0.3 is 0 Å². The summed E-state index contributed by atoms with van der Waals surface area (Å²) in [4.78, 5) is 29.9. The predicted molar refractivity (Wildman–Crippen MR) is 119 cm³/mol. The summed E-state index contributed by atoms with van der Waals surface area (Å²) < 4.78 is 2.36. The van der Waals surface area contributed by atoms with Crippen LogP contribution in [0, 0.1) is 12.8 Å². The van der Waals surface area contributed by atoms with E-state index in [9.17, 15) is 9.59 Å². The van der Waals surface area contributed by atoms with Gasteiger partial charge in [-0.05, 0) is 48.4 Å². The standard InChI is InChI=1S/C20H22ClN3O2S2/c1-12(2)6-8-24-19(26)18-15(7-9-27-18)23-20(24)28-11-17(25)22-16-10-14(21)5-4-13(16)3/h4-5,7,9-10,12H,6,8,11H2,1-3H3,(H,22,25). The summed E-state index contributed by atoms with van der Waals surface area (Å²) in [7, 11) is 0. The van der Waals surface area contributed by atoms with Crippen LogP contribution >= 0.6 is 34.7 Å². The number of nitrogens with one attached hydrogen (secondary N) is 1. The van der Waals surface area contributed by atoms with E-state index >= 15 is 0 Å². The van der Waals surface area contributed by atoms with E-state index < -0.39 is 0 Å². The van der Waals surface area contributed by atoms with Crippen LogP contribution in [0.25, 0.3) is 10.2 Å². The van der Waals surface area contributed by atoms with Gasteiger partial charge in [-0.15, -0.1) is 11.3 Å². The van der Waals surface area contributed by atoms with E-state index in [1.807, 2.05) is 24.4 Å². The van der Waals surface area contributed by atoms with Gasteiger partial charge in [-0.25, -0.2) is 4.98 Å². The van der Waals surface area contributed by atoms with Crippen molar-refractivity contribution in [3.05, 3.63) is 50.6 Å². The monoisotopic (exact) mass is 435 g/mol. The molecule has 0 aliphatic rings. The number of anilines is 1. The van der Waals surface area contributed by atoms with Crippen LogP contribution in [0.5, 0.6) is 0 Å². The van der Waals surface area contributed by atoms with Crippen LogP contribution in [0.2, 0.25) is 5.02 Å². The second-order valence-corrected chi connectivity index (χ2v) is 9.26. The van der Waals surface area contributed by atoms with Crippen LogP contribution in [0.4, 0.5) is 5.69 Å². The summed E-state index contributed by atoms with van der Waals surface area (Å²) in [5.41, 5.74) is 2.28. The molecule has 0 atom stereocenters. The number of aromatic nitrogens is 2. The van der Waals surface area contributed by atoms with E-state index in [1.165, 1.54) is 23.1 Å². The molecule has 8 heteroatoms. The molecule has 3 aromatic rings. The van der Waals surface area contributed by atoms with Crippen molar-refractivity contribution in [2.75, 3.05) is 11.1 Å². The highest BCUT2D eigenvalue weighted by atomic mass is 35.5. The Morgan fingerprint density at radius 3 is 2.89 bits per heavy atom. The van der Waals surface area contributed by atoms with Crippen molar-refractivity contribution in [3.8, 4) is 0 Å². The third-order valence-electron chi connectivity index (χ3n) is 4.27. The molecular weight excluding hydrogens is 414 g/mol. The predicted octanol–water partition coefficient (Wildman–Crippen LogP) is 5.20. The van der Waals surface area contributed by atoms with Gasteiger partial charge in [0.05, 0.1) is 11.3 Å². The molecule has 0 aliphatic carbocycles. The van der Waals surface area contributed by atoms with Crippen LogP contribution in [-0.4, -0.2) is 21.2 Å². The number of hydrogen-bond donors (Lipinski definition) is 1. The topological polar surface area (TPSA) is 64.0 Å². The quantitative estimate of drug-likeness (QED) is 0.409. The largest absolute Gasteiger partial charge is 0.325 e. The zero-order chi connectivity index (χ0) is 20.3. The molecule has 0 unspecified atom stereocenters. The number of hydrogen-bond acceptors (Lipinski definition) is 5. The zero-order valence-corrected chi connectivity index (χ0v) is 18.4. The Morgan fingerprint density at radius 1 is 1.36 bits per heavy atom. The smallest absolute Gasteiger partial charge is 0.272 e. The van der Waals surface area contributed by atoms with Crippen molar-refractivity contribution in [2.24, 2.45) is 5.92 Å². The van der Waals surface area contributed by atoms with Gasteiger partial charge in [-0.2, -0.15) is 0 Å². The molecule has 0 fully saturated rings.